The van der Waals surface area contributed by atoms with Gasteiger partial charge in [0.25, 0.3) is 0 Å². The van der Waals surface area contributed by atoms with Gasteiger partial charge in [0.2, 0.25) is 5.82 Å². The molecule has 1 aromatic heterocycles. The molecule has 2 heterocycles. The van der Waals surface area contributed by atoms with Gasteiger partial charge in [-0.05, 0) is 30.7 Å². The lowest BCUT2D eigenvalue weighted by atomic mass is 10.1. The molecule has 7 heteroatoms. The summed E-state index contributed by atoms with van der Waals surface area (Å²) in [4.78, 5) is 14.6. The Kier molecular flexibility index (Phi) is 3.78. The molecule has 0 amide bonds. The molecule has 2 aromatic rings. The van der Waals surface area contributed by atoms with E-state index in [0.717, 1.165) is 5.56 Å². The summed E-state index contributed by atoms with van der Waals surface area (Å²) in [5, 5.41) is 14.1. The Labute approximate surface area is 127 Å². The Morgan fingerprint density at radius 1 is 1.27 bits per heavy atom. The second-order valence-corrected chi connectivity index (χ2v) is 4.90. The van der Waals surface area contributed by atoms with Gasteiger partial charge in [0.05, 0.1) is 11.0 Å². The Balaban J connectivity index is 1.83. The number of anilines is 1. The Bertz CT molecular complexity index is 705. The van der Waals surface area contributed by atoms with Gasteiger partial charge in [-0.2, -0.15) is 0 Å². The summed E-state index contributed by atoms with van der Waals surface area (Å²) in [5.41, 5.74) is 0.885. The summed E-state index contributed by atoms with van der Waals surface area (Å²) in [6.45, 7) is 2.97. The molecule has 0 saturated carbocycles. The van der Waals surface area contributed by atoms with Crippen LogP contribution in [0.1, 0.15) is 18.5 Å². The van der Waals surface area contributed by atoms with Gasteiger partial charge in [-0.3, -0.25) is 10.1 Å². The highest BCUT2D eigenvalue weighted by Gasteiger charge is 2.18. The molecule has 7 nitrogen and oxygen atoms in total. The van der Waals surface area contributed by atoms with E-state index >= 15 is 0 Å². The number of hydrogen-bond acceptors (Lipinski definition) is 6. The van der Waals surface area contributed by atoms with Crippen LogP contribution in [-0.2, 0) is 0 Å². The van der Waals surface area contributed by atoms with Crippen LogP contribution in [0.25, 0.3) is 0 Å². The second-order valence-electron chi connectivity index (χ2n) is 4.90. The fraction of sp³-hybridized carbons (Fsp3) is 0.267. The maximum atomic E-state index is 11.0. The molecule has 1 atom stereocenters. The SMILES string of the molecule is C[C@@H](Nc1ncccc1[N+](=O)[O-])c1ccc2c(c1)OCCO2. The maximum Gasteiger partial charge on any atom is 0.311 e. The van der Waals surface area contributed by atoms with E-state index in [2.05, 4.69) is 10.3 Å². The zero-order chi connectivity index (χ0) is 15.5. The van der Waals surface area contributed by atoms with Crippen molar-refractivity contribution in [2.45, 2.75) is 13.0 Å². The zero-order valence-electron chi connectivity index (χ0n) is 12.0. The van der Waals surface area contributed by atoms with Crippen molar-refractivity contribution < 1.29 is 14.4 Å². The van der Waals surface area contributed by atoms with E-state index in [9.17, 15) is 10.1 Å². The van der Waals surface area contributed by atoms with Gasteiger partial charge in [0.1, 0.15) is 13.2 Å². The quantitative estimate of drug-likeness (QED) is 0.690. The minimum Gasteiger partial charge on any atom is -0.486 e. The maximum absolute atomic E-state index is 11.0. The zero-order valence-corrected chi connectivity index (χ0v) is 12.0. The highest BCUT2D eigenvalue weighted by molar-refractivity contribution is 5.56. The Morgan fingerprint density at radius 3 is 2.82 bits per heavy atom. The summed E-state index contributed by atoms with van der Waals surface area (Å²) in [5.74, 6) is 1.65. The van der Waals surface area contributed by atoms with Crippen LogP contribution >= 0.6 is 0 Å². The third-order valence-electron chi connectivity index (χ3n) is 3.40. The molecule has 0 bridgehead atoms. The lowest BCUT2D eigenvalue weighted by Gasteiger charge is -2.21. The Morgan fingerprint density at radius 2 is 2.05 bits per heavy atom. The first kappa shape index (κ1) is 14.1. The van der Waals surface area contributed by atoms with Crippen molar-refractivity contribution in [1.29, 1.82) is 0 Å². The van der Waals surface area contributed by atoms with Crippen LogP contribution in [0, 0.1) is 10.1 Å². The first-order valence-electron chi connectivity index (χ1n) is 6.90. The summed E-state index contributed by atoms with van der Waals surface area (Å²) in [6.07, 6.45) is 1.52. The monoisotopic (exact) mass is 301 g/mol. The molecule has 3 rings (SSSR count). The smallest absolute Gasteiger partial charge is 0.311 e. The van der Waals surface area contributed by atoms with Crippen LogP contribution < -0.4 is 14.8 Å². The van der Waals surface area contributed by atoms with Crippen LogP contribution in [0.3, 0.4) is 0 Å². The van der Waals surface area contributed by atoms with E-state index < -0.39 is 4.92 Å². The number of aromatic nitrogens is 1. The van der Waals surface area contributed by atoms with Gasteiger partial charge in [0, 0.05) is 12.3 Å². The first-order valence-corrected chi connectivity index (χ1v) is 6.90. The molecule has 0 unspecified atom stereocenters. The van der Waals surface area contributed by atoms with Gasteiger partial charge in [-0.25, -0.2) is 4.98 Å². The number of nitrogens with zero attached hydrogens (tertiary/aromatic N) is 2. The van der Waals surface area contributed by atoms with Gasteiger partial charge < -0.3 is 14.8 Å². The number of fused-ring (bicyclic) bond motifs is 1. The van der Waals surface area contributed by atoms with E-state index in [0.29, 0.717) is 24.7 Å². The predicted octanol–water partition coefficient (Wildman–Crippen LogP) is 2.93. The number of hydrogen-bond donors (Lipinski definition) is 1. The molecule has 0 saturated heterocycles. The summed E-state index contributed by atoms with van der Waals surface area (Å²) in [6, 6.07) is 8.42. The molecule has 0 radical (unpaired) electrons. The molecule has 1 aliphatic rings. The number of rotatable bonds is 4. The molecular weight excluding hydrogens is 286 g/mol. The Hall–Kier alpha value is -2.83. The van der Waals surface area contributed by atoms with Crippen molar-refractivity contribution in [3.05, 3.63) is 52.2 Å². The van der Waals surface area contributed by atoms with Crippen molar-refractivity contribution >= 4 is 11.5 Å². The standard InChI is InChI=1S/C15H15N3O4/c1-10(17-15-12(18(19)20)3-2-6-16-15)11-4-5-13-14(9-11)22-8-7-21-13/h2-6,9-10H,7-8H2,1H3,(H,16,17)/t10-/m1/s1. The lowest BCUT2D eigenvalue weighted by molar-refractivity contribution is -0.384. The van der Waals surface area contributed by atoms with Gasteiger partial charge in [-0.1, -0.05) is 6.07 Å². The molecule has 22 heavy (non-hydrogen) atoms. The van der Waals surface area contributed by atoms with E-state index in [1.54, 1.807) is 0 Å². The fourth-order valence-electron chi connectivity index (χ4n) is 2.27. The van der Waals surface area contributed by atoms with Gasteiger partial charge in [0.15, 0.2) is 11.5 Å². The van der Waals surface area contributed by atoms with Gasteiger partial charge >= 0.3 is 5.69 Å². The van der Waals surface area contributed by atoms with Crippen molar-refractivity contribution in [2.24, 2.45) is 0 Å². The van der Waals surface area contributed by atoms with Crippen LogP contribution in [0.4, 0.5) is 11.5 Å². The average molecular weight is 301 g/mol. The van der Waals surface area contributed by atoms with Crippen molar-refractivity contribution in [3.63, 3.8) is 0 Å². The molecule has 0 spiro atoms. The lowest BCUT2D eigenvalue weighted by Crippen LogP contribution is -2.16. The second kappa shape index (κ2) is 5.88. The molecule has 114 valence electrons. The number of benzene rings is 1. The topological polar surface area (TPSA) is 86.5 Å². The number of nitrogens with one attached hydrogen (secondary N) is 1. The number of pyridine rings is 1. The minimum absolute atomic E-state index is 0.0492. The van der Waals surface area contributed by atoms with E-state index in [1.165, 1.54) is 18.3 Å². The van der Waals surface area contributed by atoms with E-state index in [-0.39, 0.29) is 17.5 Å². The average Bonchev–Trinajstić information content (AvgIpc) is 2.54. The van der Waals surface area contributed by atoms with Gasteiger partial charge in [-0.15, -0.1) is 0 Å². The third-order valence-corrected chi connectivity index (χ3v) is 3.40. The molecule has 0 aliphatic carbocycles. The third kappa shape index (κ3) is 2.78. The fourth-order valence-corrected chi connectivity index (χ4v) is 2.27. The molecule has 0 fully saturated rings. The van der Waals surface area contributed by atoms with Crippen LogP contribution in [-0.4, -0.2) is 23.1 Å². The first-order chi connectivity index (χ1) is 10.6. The molecule has 1 aromatic carbocycles. The predicted molar refractivity (Wildman–Crippen MR) is 80.4 cm³/mol. The van der Waals surface area contributed by atoms with Crippen molar-refractivity contribution in [2.75, 3.05) is 18.5 Å². The number of nitro groups is 1. The van der Waals surface area contributed by atoms with Crippen LogP contribution in [0.15, 0.2) is 36.5 Å². The highest BCUT2D eigenvalue weighted by atomic mass is 16.6. The molecular formula is C15H15N3O4. The summed E-state index contributed by atoms with van der Waals surface area (Å²) in [7, 11) is 0. The molecule has 1 aliphatic heterocycles. The largest absolute Gasteiger partial charge is 0.486 e. The summed E-state index contributed by atoms with van der Waals surface area (Å²) < 4.78 is 11.0. The van der Waals surface area contributed by atoms with Crippen molar-refractivity contribution in [1.82, 2.24) is 4.98 Å². The van der Waals surface area contributed by atoms with E-state index in [4.69, 9.17) is 9.47 Å². The minimum atomic E-state index is -0.453. The number of ether oxygens (including phenoxy) is 2. The summed E-state index contributed by atoms with van der Waals surface area (Å²) >= 11 is 0. The van der Waals surface area contributed by atoms with Crippen molar-refractivity contribution in [3.8, 4) is 11.5 Å². The highest BCUT2D eigenvalue weighted by Crippen LogP contribution is 2.34. The van der Waals surface area contributed by atoms with E-state index in [1.807, 2.05) is 25.1 Å². The normalized spacial score (nSPS) is 14.2. The van der Waals surface area contributed by atoms with Crippen LogP contribution in [0.5, 0.6) is 11.5 Å². The van der Waals surface area contributed by atoms with Crippen LogP contribution in [0.2, 0.25) is 0 Å². The molecule has 1 N–H and O–H groups in total.